The first-order valence-electron chi connectivity index (χ1n) is 5.85. The van der Waals surface area contributed by atoms with Crippen LogP contribution >= 0.6 is 0 Å². The first-order chi connectivity index (χ1) is 9.02. The number of nitrogens with one attached hydrogen (secondary N) is 1. The number of aliphatic hydroxyl groups is 1. The summed E-state index contributed by atoms with van der Waals surface area (Å²) in [4.78, 5) is 21.8. The van der Waals surface area contributed by atoms with Gasteiger partial charge in [0.1, 0.15) is 6.61 Å². The molecule has 0 fully saturated rings. The second-order valence-corrected chi connectivity index (χ2v) is 4.17. The van der Waals surface area contributed by atoms with E-state index in [1.807, 2.05) is 0 Å². The lowest BCUT2D eigenvalue weighted by molar-refractivity contribution is -0.140. The van der Waals surface area contributed by atoms with Crippen molar-refractivity contribution in [2.24, 2.45) is 5.92 Å². The van der Waals surface area contributed by atoms with Crippen LogP contribution in [0.4, 0.5) is 4.79 Å². The number of aliphatic hydroxyl groups excluding tert-OH is 1. The van der Waals surface area contributed by atoms with Crippen molar-refractivity contribution in [1.29, 1.82) is 0 Å². The van der Waals surface area contributed by atoms with E-state index in [4.69, 9.17) is 14.9 Å². The van der Waals surface area contributed by atoms with E-state index in [2.05, 4.69) is 5.32 Å². The first kappa shape index (κ1) is 15.0. The van der Waals surface area contributed by atoms with Crippen LogP contribution < -0.4 is 5.32 Å². The van der Waals surface area contributed by atoms with Crippen LogP contribution in [0.2, 0.25) is 0 Å². The van der Waals surface area contributed by atoms with Crippen LogP contribution in [0.1, 0.15) is 18.1 Å². The summed E-state index contributed by atoms with van der Waals surface area (Å²) in [6.45, 7) is 1.58. The van der Waals surface area contributed by atoms with E-state index in [1.54, 1.807) is 24.3 Å². The van der Waals surface area contributed by atoms with Gasteiger partial charge in [-0.2, -0.15) is 0 Å². The molecule has 0 spiro atoms. The van der Waals surface area contributed by atoms with Gasteiger partial charge in [0.25, 0.3) is 0 Å². The number of carbonyl (C=O) groups is 2. The number of carboxylic acids is 1. The first-order valence-corrected chi connectivity index (χ1v) is 5.85. The van der Waals surface area contributed by atoms with Gasteiger partial charge >= 0.3 is 12.1 Å². The molecular weight excluding hydrogens is 250 g/mol. The van der Waals surface area contributed by atoms with E-state index in [1.165, 1.54) is 6.92 Å². The van der Waals surface area contributed by atoms with Crippen LogP contribution in [0.3, 0.4) is 0 Å². The highest BCUT2D eigenvalue weighted by molar-refractivity contribution is 5.72. The van der Waals surface area contributed by atoms with Gasteiger partial charge in [-0.3, -0.25) is 4.79 Å². The van der Waals surface area contributed by atoms with E-state index in [0.29, 0.717) is 0 Å². The zero-order valence-electron chi connectivity index (χ0n) is 10.6. The van der Waals surface area contributed by atoms with E-state index >= 15 is 0 Å². The highest BCUT2D eigenvalue weighted by Gasteiger charge is 2.12. The summed E-state index contributed by atoms with van der Waals surface area (Å²) in [6, 6.07) is 6.98. The number of ether oxygens (including phenoxy) is 1. The maximum atomic E-state index is 11.3. The number of hydrogen-bond acceptors (Lipinski definition) is 4. The van der Waals surface area contributed by atoms with Crippen molar-refractivity contribution in [2.75, 3.05) is 6.54 Å². The molecule has 1 rings (SSSR count). The molecule has 0 heterocycles. The Balaban J connectivity index is 2.31. The topological polar surface area (TPSA) is 95.9 Å². The second kappa shape index (κ2) is 7.38. The molecule has 0 aliphatic heterocycles. The van der Waals surface area contributed by atoms with Crippen molar-refractivity contribution in [2.45, 2.75) is 20.1 Å². The van der Waals surface area contributed by atoms with Gasteiger partial charge in [-0.1, -0.05) is 31.2 Å². The molecule has 6 heteroatoms. The van der Waals surface area contributed by atoms with Gasteiger partial charge in [0.2, 0.25) is 0 Å². The molecule has 19 heavy (non-hydrogen) atoms. The number of aliphatic carboxylic acids is 1. The van der Waals surface area contributed by atoms with Crippen molar-refractivity contribution in [1.82, 2.24) is 5.32 Å². The molecule has 0 saturated carbocycles. The van der Waals surface area contributed by atoms with Crippen molar-refractivity contribution >= 4 is 12.1 Å². The molecule has 0 saturated heterocycles. The van der Waals surface area contributed by atoms with Crippen LogP contribution in [-0.2, 0) is 22.7 Å². The number of amides is 1. The van der Waals surface area contributed by atoms with Crippen LogP contribution in [0.15, 0.2) is 24.3 Å². The largest absolute Gasteiger partial charge is 0.481 e. The molecule has 1 aromatic carbocycles. The molecule has 0 bridgehead atoms. The molecule has 3 N–H and O–H groups in total. The zero-order chi connectivity index (χ0) is 14.3. The molecule has 0 aromatic heterocycles. The summed E-state index contributed by atoms with van der Waals surface area (Å²) in [7, 11) is 0. The predicted molar refractivity (Wildman–Crippen MR) is 67.4 cm³/mol. The third-order valence-electron chi connectivity index (χ3n) is 2.55. The average molecular weight is 267 g/mol. The smallest absolute Gasteiger partial charge is 0.407 e. The fourth-order valence-corrected chi connectivity index (χ4v) is 1.26. The van der Waals surface area contributed by atoms with Crippen molar-refractivity contribution in [3.05, 3.63) is 35.4 Å². The Morgan fingerprint density at radius 1 is 1.26 bits per heavy atom. The normalized spacial score (nSPS) is 11.7. The summed E-state index contributed by atoms with van der Waals surface area (Å²) >= 11 is 0. The number of benzene rings is 1. The number of rotatable bonds is 6. The molecule has 1 atom stereocenters. The lowest BCUT2D eigenvalue weighted by Crippen LogP contribution is -2.31. The number of carboxylic acid groups (broad SMARTS) is 1. The third-order valence-corrected chi connectivity index (χ3v) is 2.55. The van der Waals surface area contributed by atoms with Crippen LogP contribution in [0.5, 0.6) is 0 Å². The van der Waals surface area contributed by atoms with Gasteiger partial charge in [0.05, 0.1) is 12.5 Å². The lowest BCUT2D eigenvalue weighted by atomic mass is 10.1. The minimum atomic E-state index is -0.972. The number of carbonyl (C=O) groups excluding carboxylic acids is 1. The standard InChI is InChI=1S/C13H17NO5/c1-9(12(16)17)6-14-13(18)19-8-11-4-2-10(7-15)3-5-11/h2-5,9,15H,6-8H2,1H3,(H,14,18)(H,16,17)/t9-/m1/s1. The molecule has 104 valence electrons. The zero-order valence-corrected chi connectivity index (χ0v) is 10.6. The fraction of sp³-hybridized carbons (Fsp3) is 0.385. The summed E-state index contributed by atoms with van der Waals surface area (Å²) < 4.78 is 4.93. The lowest BCUT2D eigenvalue weighted by Gasteiger charge is -2.09. The van der Waals surface area contributed by atoms with Crippen molar-refractivity contribution in [3.8, 4) is 0 Å². The Hall–Kier alpha value is -2.08. The number of hydrogen-bond donors (Lipinski definition) is 3. The minimum Gasteiger partial charge on any atom is -0.481 e. The molecular formula is C13H17NO5. The van der Waals surface area contributed by atoms with E-state index in [-0.39, 0.29) is 19.8 Å². The summed E-state index contributed by atoms with van der Waals surface area (Å²) in [5, 5.41) is 19.9. The maximum absolute atomic E-state index is 11.3. The second-order valence-electron chi connectivity index (χ2n) is 4.17. The SMILES string of the molecule is C[C@H](CNC(=O)OCc1ccc(CO)cc1)C(=O)O. The quantitative estimate of drug-likeness (QED) is 0.718. The molecule has 1 aromatic rings. The van der Waals surface area contributed by atoms with E-state index in [9.17, 15) is 9.59 Å². The summed E-state index contributed by atoms with van der Waals surface area (Å²) in [6.07, 6.45) is -0.653. The summed E-state index contributed by atoms with van der Waals surface area (Å²) in [5.74, 6) is -1.63. The average Bonchev–Trinajstić information content (AvgIpc) is 2.42. The van der Waals surface area contributed by atoms with Crippen LogP contribution in [-0.4, -0.2) is 28.8 Å². The van der Waals surface area contributed by atoms with Gasteiger partial charge in [0, 0.05) is 6.54 Å². The highest BCUT2D eigenvalue weighted by Crippen LogP contribution is 2.05. The van der Waals surface area contributed by atoms with Crippen LogP contribution in [0.25, 0.3) is 0 Å². The van der Waals surface area contributed by atoms with Crippen molar-refractivity contribution < 1.29 is 24.5 Å². The summed E-state index contributed by atoms with van der Waals surface area (Å²) in [5.41, 5.74) is 1.57. The molecule has 0 aliphatic rings. The molecule has 0 radical (unpaired) electrons. The molecule has 6 nitrogen and oxygen atoms in total. The molecule has 0 unspecified atom stereocenters. The van der Waals surface area contributed by atoms with Crippen LogP contribution in [0, 0.1) is 5.92 Å². The number of alkyl carbamates (subject to hydrolysis) is 1. The predicted octanol–water partition coefficient (Wildman–Crippen LogP) is 1.13. The Bertz CT molecular complexity index is 429. The van der Waals surface area contributed by atoms with Gasteiger partial charge in [0.15, 0.2) is 0 Å². The fourth-order valence-electron chi connectivity index (χ4n) is 1.26. The Morgan fingerprint density at radius 2 is 1.84 bits per heavy atom. The van der Waals surface area contributed by atoms with Gasteiger partial charge in [-0.25, -0.2) is 4.79 Å². The maximum Gasteiger partial charge on any atom is 0.407 e. The highest BCUT2D eigenvalue weighted by atomic mass is 16.5. The third kappa shape index (κ3) is 5.39. The molecule has 1 amide bonds. The van der Waals surface area contributed by atoms with E-state index in [0.717, 1.165) is 11.1 Å². The molecule has 0 aliphatic carbocycles. The van der Waals surface area contributed by atoms with Gasteiger partial charge in [-0.05, 0) is 11.1 Å². The Kier molecular flexibility index (Phi) is 5.81. The van der Waals surface area contributed by atoms with Crippen molar-refractivity contribution in [3.63, 3.8) is 0 Å². The Morgan fingerprint density at radius 3 is 2.37 bits per heavy atom. The van der Waals surface area contributed by atoms with Gasteiger partial charge < -0.3 is 20.3 Å². The minimum absolute atomic E-state index is 0.0254. The monoisotopic (exact) mass is 267 g/mol. The Labute approximate surface area is 111 Å². The van der Waals surface area contributed by atoms with Gasteiger partial charge in [-0.15, -0.1) is 0 Å². The van der Waals surface area contributed by atoms with E-state index < -0.39 is 18.0 Å².